The van der Waals surface area contributed by atoms with E-state index in [0.717, 1.165) is 3.57 Å². The molecular formula is C7H6IKN2O2. The zero-order chi connectivity index (χ0) is 9.14. The van der Waals surface area contributed by atoms with Crippen molar-refractivity contribution in [1.29, 1.82) is 0 Å². The number of primary amides is 1. The fourth-order valence-corrected chi connectivity index (χ4v) is 1.19. The first-order chi connectivity index (χ1) is 5.65. The number of nitrogens with zero attached hydrogens (tertiary/aromatic N) is 1. The van der Waals surface area contributed by atoms with Crippen molar-refractivity contribution < 1.29 is 61.4 Å². The minimum absolute atomic E-state index is 0. The zero-order valence-electron chi connectivity index (χ0n) is 6.99. The minimum atomic E-state index is -0.531. The van der Waals surface area contributed by atoms with Crippen LogP contribution in [-0.4, -0.2) is 11.1 Å². The molecule has 1 amide bonds. The Balaban J connectivity index is 0.00000144. The van der Waals surface area contributed by atoms with Gasteiger partial charge < -0.3 is 16.4 Å². The van der Waals surface area contributed by atoms with Gasteiger partial charge in [-0.15, -0.1) is 5.69 Å². The van der Waals surface area contributed by atoms with Gasteiger partial charge in [-0.25, -0.2) is 0 Å². The zero-order valence-corrected chi connectivity index (χ0v) is 12.3. The predicted molar refractivity (Wildman–Crippen MR) is 52.5 cm³/mol. The van der Waals surface area contributed by atoms with Crippen molar-refractivity contribution in [3.63, 3.8) is 0 Å². The predicted octanol–water partition coefficient (Wildman–Crippen LogP) is -1.21. The first-order valence-corrected chi connectivity index (χ1v) is 4.17. The molecule has 3 N–H and O–H groups in total. The number of amides is 1. The maximum Gasteiger partial charge on any atom is 1.00 e. The summed E-state index contributed by atoms with van der Waals surface area (Å²) in [5.74, 6) is -0.531. The van der Waals surface area contributed by atoms with Gasteiger partial charge in [0, 0.05) is 5.56 Å². The number of carbonyl (C=O) groups excluding carboxylic acids is 1. The summed E-state index contributed by atoms with van der Waals surface area (Å²) < 4.78 is 0.764. The van der Waals surface area contributed by atoms with Gasteiger partial charge in [0.15, 0.2) is 0 Å². The fourth-order valence-electron chi connectivity index (χ4n) is 0.743. The van der Waals surface area contributed by atoms with Crippen LogP contribution in [0.3, 0.4) is 0 Å². The van der Waals surface area contributed by atoms with E-state index in [1.165, 1.54) is 6.07 Å². The summed E-state index contributed by atoms with van der Waals surface area (Å²) in [6.45, 7) is 0. The number of carbonyl (C=O) groups is 1. The monoisotopic (exact) mass is 316 g/mol. The number of nitrogens with two attached hydrogens (primary N) is 1. The molecule has 1 aromatic rings. The molecule has 1 aromatic carbocycles. The average molecular weight is 316 g/mol. The van der Waals surface area contributed by atoms with Crippen LogP contribution < -0.4 is 57.1 Å². The van der Waals surface area contributed by atoms with Crippen LogP contribution in [0.1, 0.15) is 10.4 Å². The Morgan fingerprint density at radius 1 is 1.54 bits per heavy atom. The molecule has 6 heteroatoms. The van der Waals surface area contributed by atoms with Crippen molar-refractivity contribution in [3.05, 3.63) is 32.8 Å². The van der Waals surface area contributed by atoms with Crippen LogP contribution in [-0.2, 0) is 0 Å². The molecule has 0 unspecified atom stereocenters. The second-order valence-electron chi connectivity index (χ2n) is 2.13. The van der Waals surface area contributed by atoms with Gasteiger partial charge >= 0.3 is 51.4 Å². The van der Waals surface area contributed by atoms with Gasteiger partial charge in [0.2, 0.25) is 5.91 Å². The van der Waals surface area contributed by atoms with E-state index >= 15 is 0 Å². The minimum Gasteiger partial charge on any atom is -0.564 e. The van der Waals surface area contributed by atoms with Crippen LogP contribution in [0.4, 0.5) is 5.69 Å². The van der Waals surface area contributed by atoms with Crippen molar-refractivity contribution in [2.75, 3.05) is 0 Å². The Bertz CT molecular complexity index is 319. The number of hydrogen-bond donors (Lipinski definition) is 2. The van der Waals surface area contributed by atoms with Gasteiger partial charge in [-0.05, 0) is 38.3 Å². The van der Waals surface area contributed by atoms with Crippen LogP contribution in [0.2, 0.25) is 0 Å². The molecular weight excluding hydrogens is 310 g/mol. The topological polar surface area (TPSA) is 77.4 Å². The molecule has 13 heavy (non-hydrogen) atoms. The maximum absolute atomic E-state index is 10.7. The van der Waals surface area contributed by atoms with Crippen molar-refractivity contribution >= 4 is 34.2 Å². The Morgan fingerprint density at radius 2 is 2.15 bits per heavy atom. The summed E-state index contributed by atoms with van der Waals surface area (Å²) in [7, 11) is 0. The smallest absolute Gasteiger partial charge is 0.564 e. The molecule has 1 rings (SSSR count). The molecule has 0 aliphatic rings. The third-order valence-corrected chi connectivity index (χ3v) is 2.25. The SMILES string of the molecule is NC(=O)c1ccc(I)c([N-]O)c1.[K+]. The normalized spacial score (nSPS) is 8.77. The first kappa shape index (κ1) is 13.8. The molecule has 0 aliphatic carbocycles. The fraction of sp³-hybridized carbons (Fsp3) is 0. The molecule has 0 aliphatic heterocycles. The molecule has 0 fully saturated rings. The number of hydrogen-bond acceptors (Lipinski definition) is 2. The summed E-state index contributed by atoms with van der Waals surface area (Å²) in [6.07, 6.45) is 0. The quantitative estimate of drug-likeness (QED) is 0.408. The summed E-state index contributed by atoms with van der Waals surface area (Å²) in [5, 5.41) is 8.49. The van der Waals surface area contributed by atoms with Gasteiger partial charge in [-0.3, -0.25) is 4.79 Å². The molecule has 0 spiro atoms. The summed E-state index contributed by atoms with van der Waals surface area (Å²) in [6, 6.07) is 4.68. The van der Waals surface area contributed by atoms with E-state index in [4.69, 9.17) is 10.9 Å². The van der Waals surface area contributed by atoms with Crippen LogP contribution >= 0.6 is 22.6 Å². The van der Waals surface area contributed by atoms with Crippen molar-refractivity contribution in [2.24, 2.45) is 5.73 Å². The summed E-state index contributed by atoms with van der Waals surface area (Å²) in [5.41, 5.74) is 8.71. The maximum atomic E-state index is 10.7. The van der Waals surface area contributed by atoms with E-state index in [2.05, 4.69) is 5.48 Å². The largest absolute Gasteiger partial charge is 1.00 e. The molecule has 0 heterocycles. The van der Waals surface area contributed by atoms with Crippen LogP contribution in [0.25, 0.3) is 5.48 Å². The molecule has 0 radical (unpaired) electrons. The third-order valence-electron chi connectivity index (χ3n) is 1.34. The van der Waals surface area contributed by atoms with Gasteiger partial charge in [-0.1, -0.05) is 6.07 Å². The van der Waals surface area contributed by atoms with Crippen LogP contribution in [0.5, 0.6) is 0 Å². The number of benzene rings is 1. The Hall–Kier alpha value is 0.816. The van der Waals surface area contributed by atoms with Crippen molar-refractivity contribution in [1.82, 2.24) is 0 Å². The molecule has 0 bridgehead atoms. The van der Waals surface area contributed by atoms with Gasteiger partial charge in [0.1, 0.15) is 0 Å². The molecule has 0 atom stereocenters. The number of halogens is 1. The molecule has 0 saturated heterocycles. The van der Waals surface area contributed by atoms with E-state index in [1.54, 1.807) is 12.1 Å². The van der Waals surface area contributed by atoms with Gasteiger partial charge in [-0.2, -0.15) is 0 Å². The molecule has 4 nitrogen and oxygen atoms in total. The van der Waals surface area contributed by atoms with Crippen LogP contribution in [0.15, 0.2) is 18.2 Å². The molecule has 0 saturated carbocycles. The van der Waals surface area contributed by atoms with E-state index < -0.39 is 5.91 Å². The summed E-state index contributed by atoms with van der Waals surface area (Å²) >= 11 is 1.99. The second-order valence-corrected chi connectivity index (χ2v) is 3.29. The van der Waals surface area contributed by atoms with Crippen molar-refractivity contribution in [3.8, 4) is 0 Å². The Morgan fingerprint density at radius 3 is 2.62 bits per heavy atom. The Kier molecular flexibility index (Phi) is 6.73. The van der Waals surface area contributed by atoms with E-state index in [0.29, 0.717) is 11.3 Å². The van der Waals surface area contributed by atoms with E-state index in [1.807, 2.05) is 22.6 Å². The van der Waals surface area contributed by atoms with E-state index in [9.17, 15) is 4.79 Å². The average Bonchev–Trinajstić information content (AvgIpc) is 2.05. The summed E-state index contributed by atoms with van der Waals surface area (Å²) in [4.78, 5) is 10.7. The Labute approximate surface area is 132 Å². The third kappa shape index (κ3) is 3.82. The first-order valence-electron chi connectivity index (χ1n) is 3.09. The van der Waals surface area contributed by atoms with Crippen LogP contribution in [0, 0.1) is 3.57 Å². The van der Waals surface area contributed by atoms with E-state index in [-0.39, 0.29) is 51.4 Å². The van der Waals surface area contributed by atoms with Crippen molar-refractivity contribution in [2.45, 2.75) is 0 Å². The number of rotatable bonds is 2. The van der Waals surface area contributed by atoms with Gasteiger partial charge in [0.25, 0.3) is 0 Å². The van der Waals surface area contributed by atoms with Gasteiger partial charge in [0.05, 0.1) is 0 Å². The molecule has 0 aromatic heterocycles. The second kappa shape index (κ2) is 6.33. The molecule has 64 valence electrons. The standard InChI is InChI=1S/C7H6IN2O2.K/c8-5-2-1-4(7(9)11)3-6(5)10-12;/h1-3,12H,(H2,9,11);/q-1;+1.